The third kappa shape index (κ3) is 3.22. The zero-order valence-electron chi connectivity index (χ0n) is 9.05. The summed E-state index contributed by atoms with van der Waals surface area (Å²) in [6, 6.07) is 8.90. The first-order valence-corrected chi connectivity index (χ1v) is 4.73. The fraction of sp³-hybridized carbons (Fsp3) is 0.250. The van der Waals surface area contributed by atoms with Gasteiger partial charge in [-0.15, -0.1) is 0 Å². The fourth-order valence-electron chi connectivity index (χ4n) is 1.26. The van der Waals surface area contributed by atoms with Crippen LogP contribution in [0.15, 0.2) is 41.4 Å². The molecule has 0 amide bonds. The van der Waals surface area contributed by atoms with Gasteiger partial charge in [-0.05, 0) is 24.1 Å². The van der Waals surface area contributed by atoms with Crippen molar-refractivity contribution in [2.45, 2.75) is 13.1 Å². The summed E-state index contributed by atoms with van der Waals surface area (Å²) in [6.45, 7) is 1.63. The molecule has 0 radical (unpaired) electrons. The Kier molecular flexibility index (Phi) is 3.88. The Hall–Kier alpha value is -1.58. The predicted molar refractivity (Wildman–Crippen MR) is 59.5 cm³/mol. The van der Waals surface area contributed by atoms with Crippen molar-refractivity contribution in [3.8, 4) is 0 Å². The Morgan fingerprint density at radius 3 is 2.19 bits per heavy atom. The van der Waals surface area contributed by atoms with Gasteiger partial charge in [-0.1, -0.05) is 30.3 Å². The molecule has 0 spiro atoms. The number of nitrogens with zero attached hydrogens (tertiary/aromatic N) is 1. The number of aliphatic imine (C=N–C) groups is 1. The van der Waals surface area contributed by atoms with Crippen LogP contribution in [0.2, 0.25) is 0 Å². The molecule has 0 bridgehead atoms. The van der Waals surface area contributed by atoms with Crippen molar-refractivity contribution in [2.75, 3.05) is 7.05 Å². The van der Waals surface area contributed by atoms with Crippen LogP contribution in [0.5, 0.6) is 0 Å². The van der Waals surface area contributed by atoms with Crippen molar-refractivity contribution in [2.24, 2.45) is 4.99 Å². The van der Waals surface area contributed by atoms with Gasteiger partial charge < -0.3 is 0 Å². The number of alkyl halides is 3. The molecule has 0 aliphatic heterocycles. The molecule has 0 aliphatic rings. The minimum atomic E-state index is -4.40. The lowest BCUT2D eigenvalue weighted by Gasteiger charge is -2.07. The monoisotopic (exact) mass is 227 g/mol. The quantitative estimate of drug-likeness (QED) is 0.683. The molecule has 0 heterocycles. The maximum Gasteiger partial charge on any atom is 0.432 e. The van der Waals surface area contributed by atoms with E-state index in [4.69, 9.17) is 0 Å². The third-order valence-electron chi connectivity index (χ3n) is 2.11. The lowest BCUT2D eigenvalue weighted by molar-refractivity contribution is -0.0577. The normalized spacial score (nSPS) is 14.1. The first kappa shape index (κ1) is 12.5. The van der Waals surface area contributed by atoms with Gasteiger partial charge >= 0.3 is 6.18 Å². The van der Waals surface area contributed by atoms with Gasteiger partial charge in [0.2, 0.25) is 0 Å². The van der Waals surface area contributed by atoms with Gasteiger partial charge in [-0.3, -0.25) is 4.99 Å². The molecule has 0 aromatic heterocycles. The molecule has 0 aliphatic carbocycles. The summed E-state index contributed by atoms with van der Waals surface area (Å²) >= 11 is 0. The van der Waals surface area contributed by atoms with E-state index in [1.807, 2.05) is 6.07 Å². The highest BCUT2D eigenvalue weighted by molar-refractivity contribution is 6.04. The Bertz CT molecular complexity index is 402. The molecule has 1 aromatic rings. The average Bonchev–Trinajstić information content (AvgIpc) is 2.25. The third-order valence-corrected chi connectivity index (χ3v) is 2.11. The summed E-state index contributed by atoms with van der Waals surface area (Å²) in [5, 5.41) is 0. The SMILES string of the molecule is CN=C(/C=C(/C)c1ccccc1)C(F)(F)F. The van der Waals surface area contributed by atoms with E-state index in [9.17, 15) is 13.2 Å². The minimum absolute atomic E-state index is 0.540. The zero-order valence-corrected chi connectivity index (χ0v) is 9.05. The highest BCUT2D eigenvalue weighted by atomic mass is 19.4. The van der Waals surface area contributed by atoms with Crippen LogP contribution in [0.4, 0.5) is 13.2 Å². The molecule has 0 atom stereocenters. The largest absolute Gasteiger partial charge is 0.432 e. The molecule has 16 heavy (non-hydrogen) atoms. The van der Waals surface area contributed by atoms with Crippen molar-refractivity contribution >= 4 is 11.3 Å². The number of hydrogen-bond donors (Lipinski definition) is 0. The molecule has 4 heteroatoms. The van der Waals surface area contributed by atoms with Crippen molar-refractivity contribution in [1.29, 1.82) is 0 Å². The highest BCUT2D eigenvalue weighted by Gasteiger charge is 2.33. The lowest BCUT2D eigenvalue weighted by atomic mass is 10.1. The first-order chi connectivity index (χ1) is 7.45. The van der Waals surface area contributed by atoms with Crippen LogP contribution in [-0.4, -0.2) is 18.9 Å². The molecule has 86 valence electrons. The van der Waals surface area contributed by atoms with Gasteiger partial charge in [0.25, 0.3) is 0 Å². The summed E-state index contributed by atoms with van der Waals surface area (Å²) in [5.41, 5.74) is 0.431. The van der Waals surface area contributed by atoms with E-state index in [0.717, 1.165) is 18.7 Å². The Morgan fingerprint density at radius 1 is 1.19 bits per heavy atom. The van der Waals surface area contributed by atoms with Crippen LogP contribution >= 0.6 is 0 Å². The Labute approximate surface area is 92.3 Å². The minimum Gasteiger partial charge on any atom is -0.284 e. The molecule has 0 N–H and O–H groups in total. The van der Waals surface area contributed by atoms with Crippen LogP contribution in [0, 0.1) is 0 Å². The molecule has 1 aromatic carbocycles. The Balaban J connectivity index is 3.02. The van der Waals surface area contributed by atoms with Crippen molar-refractivity contribution in [3.63, 3.8) is 0 Å². The van der Waals surface area contributed by atoms with Gasteiger partial charge in [0.15, 0.2) is 0 Å². The summed E-state index contributed by atoms with van der Waals surface area (Å²) in [6.07, 6.45) is -3.35. The van der Waals surface area contributed by atoms with E-state index >= 15 is 0 Å². The number of hydrogen-bond acceptors (Lipinski definition) is 1. The standard InChI is InChI=1S/C12H12F3N/c1-9(10-6-4-3-5-7-10)8-11(16-2)12(13,14)15/h3-8H,1-2H3/b9-8-,16-11?. The molecule has 1 rings (SSSR count). The highest BCUT2D eigenvalue weighted by Crippen LogP contribution is 2.21. The molecule has 1 nitrogen and oxygen atoms in total. The lowest BCUT2D eigenvalue weighted by Crippen LogP contribution is -2.20. The van der Waals surface area contributed by atoms with Crippen molar-refractivity contribution in [1.82, 2.24) is 0 Å². The summed E-state index contributed by atoms with van der Waals surface area (Å²) < 4.78 is 37.3. The van der Waals surface area contributed by atoms with E-state index < -0.39 is 11.9 Å². The zero-order chi connectivity index (χ0) is 12.2. The van der Waals surface area contributed by atoms with E-state index in [2.05, 4.69) is 4.99 Å². The van der Waals surface area contributed by atoms with Gasteiger partial charge in [0.05, 0.1) is 0 Å². The summed E-state index contributed by atoms with van der Waals surface area (Å²) in [4.78, 5) is 3.24. The summed E-state index contributed by atoms with van der Waals surface area (Å²) in [5.74, 6) is 0. The molecule has 0 saturated carbocycles. The van der Waals surface area contributed by atoms with Crippen molar-refractivity contribution in [3.05, 3.63) is 42.0 Å². The first-order valence-electron chi connectivity index (χ1n) is 4.73. The van der Waals surface area contributed by atoms with Gasteiger partial charge in [-0.2, -0.15) is 13.2 Å². The number of allylic oxidation sites excluding steroid dienone is 2. The van der Waals surface area contributed by atoms with Crippen LogP contribution in [-0.2, 0) is 0 Å². The maximum atomic E-state index is 12.4. The smallest absolute Gasteiger partial charge is 0.284 e. The van der Waals surface area contributed by atoms with Crippen LogP contribution in [0.3, 0.4) is 0 Å². The van der Waals surface area contributed by atoms with Crippen molar-refractivity contribution < 1.29 is 13.2 Å². The Morgan fingerprint density at radius 2 is 1.75 bits per heavy atom. The molecular weight excluding hydrogens is 215 g/mol. The maximum absolute atomic E-state index is 12.4. The van der Waals surface area contributed by atoms with Gasteiger partial charge in [-0.25, -0.2) is 0 Å². The van der Waals surface area contributed by atoms with Crippen LogP contribution in [0.25, 0.3) is 5.57 Å². The van der Waals surface area contributed by atoms with Crippen LogP contribution in [0.1, 0.15) is 12.5 Å². The topological polar surface area (TPSA) is 12.4 Å². The fourth-order valence-corrected chi connectivity index (χ4v) is 1.26. The number of halogens is 3. The predicted octanol–water partition coefficient (Wildman–Crippen LogP) is 3.72. The van der Waals surface area contributed by atoms with E-state index in [1.165, 1.54) is 0 Å². The van der Waals surface area contributed by atoms with Gasteiger partial charge in [0, 0.05) is 7.05 Å². The second kappa shape index (κ2) is 4.96. The number of rotatable bonds is 2. The molecule has 0 unspecified atom stereocenters. The molecule has 0 saturated heterocycles. The summed E-state index contributed by atoms with van der Waals surface area (Å²) in [7, 11) is 1.14. The molecular formula is C12H12F3N. The van der Waals surface area contributed by atoms with Crippen LogP contribution < -0.4 is 0 Å². The van der Waals surface area contributed by atoms with Gasteiger partial charge in [0.1, 0.15) is 5.71 Å². The van der Waals surface area contributed by atoms with E-state index in [1.54, 1.807) is 31.2 Å². The second-order valence-corrected chi connectivity index (χ2v) is 3.30. The second-order valence-electron chi connectivity index (χ2n) is 3.30. The molecule has 0 fully saturated rings. The average molecular weight is 227 g/mol. The number of benzene rings is 1. The van der Waals surface area contributed by atoms with E-state index in [0.29, 0.717) is 5.57 Å². The van der Waals surface area contributed by atoms with E-state index in [-0.39, 0.29) is 0 Å².